The SMILES string of the molecule is Cc1cccc(C)c1NC(=O)[C@H]1CCCN(S(=O)(=O)c2ccc(-n3cnnn3)cc2)C1. The lowest BCUT2D eigenvalue weighted by molar-refractivity contribution is -0.120. The minimum atomic E-state index is -3.71. The van der Waals surface area contributed by atoms with Crippen molar-refractivity contribution >= 4 is 21.6 Å². The number of sulfonamides is 1. The second kappa shape index (κ2) is 8.56. The number of para-hydroxylation sites is 1. The molecule has 3 aromatic rings. The molecule has 1 atom stereocenters. The second-order valence-electron chi connectivity index (χ2n) is 7.71. The summed E-state index contributed by atoms with van der Waals surface area (Å²) in [5.74, 6) is -0.547. The predicted octanol–water partition coefficient (Wildman–Crippen LogP) is 2.32. The van der Waals surface area contributed by atoms with E-state index in [0.29, 0.717) is 25.1 Å². The van der Waals surface area contributed by atoms with Crippen LogP contribution < -0.4 is 5.32 Å². The highest BCUT2D eigenvalue weighted by Crippen LogP contribution is 2.27. The predicted molar refractivity (Wildman–Crippen MR) is 115 cm³/mol. The Bertz CT molecular complexity index is 1160. The fraction of sp³-hybridized carbons (Fsp3) is 0.333. The monoisotopic (exact) mass is 440 g/mol. The van der Waals surface area contributed by atoms with E-state index in [4.69, 9.17) is 0 Å². The van der Waals surface area contributed by atoms with Gasteiger partial charge in [-0.1, -0.05) is 18.2 Å². The highest BCUT2D eigenvalue weighted by molar-refractivity contribution is 7.89. The molecule has 0 saturated carbocycles. The molecule has 1 saturated heterocycles. The Morgan fingerprint density at radius 1 is 1.10 bits per heavy atom. The van der Waals surface area contributed by atoms with E-state index in [0.717, 1.165) is 16.8 Å². The van der Waals surface area contributed by atoms with Gasteiger partial charge in [-0.15, -0.1) is 5.10 Å². The molecule has 0 aliphatic carbocycles. The Morgan fingerprint density at radius 3 is 2.45 bits per heavy atom. The van der Waals surface area contributed by atoms with Crippen molar-refractivity contribution in [3.63, 3.8) is 0 Å². The first kappa shape index (κ1) is 21.1. The van der Waals surface area contributed by atoms with Crippen LogP contribution in [0.3, 0.4) is 0 Å². The number of aryl methyl sites for hydroxylation is 2. The summed E-state index contributed by atoms with van der Waals surface area (Å²) in [4.78, 5) is 13.1. The fourth-order valence-corrected chi connectivity index (χ4v) is 5.33. The molecule has 0 radical (unpaired) electrons. The summed E-state index contributed by atoms with van der Waals surface area (Å²) in [5.41, 5.74) is 3.42. The highest BCUT2D eigenvalue weighted by Gasteiger charge is 2.33. The summed E-state index contributed by atoms with van der Waals surface area (Å²) < 4.78 is 29.2. The molecule has 0 spiro atoms. The van der Waals surface area contributed by atoms with E-state index in [2.05, 4.69) is 20.8 Å². The summed E-state index contributed by atoms with van der Waals surface area (Å²) in [6.45, 7) is 4.44. The molecule has 1 aromatic heterocycles. The zero-order valence-corrected chi connectivity index (χ0v) is 18.2. The van der Waals surface area contributed by atoms with Crippen molar-refractivity contribution in [3.05, 3.63) is 59.9 Å². The number of amides is 1. The van der Waals surface area contributed by atoms with Gasteiger partial charge in [-0.25, -0.2) is 13.1 Å². The molecule has 10 heteroatoms. The van der Waals surface area contributed by atoms with Crippen molar-refractivity contribution < 1.29 is 13.2 Å². The summed E-state index contributed by atoms with van der Waals surface area (Å²) in [6, 6.07) is 12.2. The molecule has 1 amide bonds. The Labute approximate surface area is 181 Å². The quantitative estimate of drug-likeness (QED) is 0.652. The third-order valence-electron chi connectivity index (χ3n) is 5.57. The van der Waals surface area contributed by atoms with Crippen LogP contribution in [0, 0.1) is 19.8 Å². The van der Waals surface area contributed by atoms with Gasteiger partial charge < -0.3 is 5.32 Å². The molecular weight excluding hydrogens is 416 g/mol. The lowest BCUT2D eigenvalue weighted by Gasteiger charge is -2.31. The lowest BCUT2D eigenvalue weighted by atomic mass is 9.98. The summed E-state index contributed by atoms with van der Waals surface area (Å²) >= 11 is 0. The minimum Gasteiger partial charge on any atom is -0.325 e. The lowest BCUT2D eigenvalue weighted by Crippen LogP contribution is -2.43. The van der Waals surface area contributed by atoms with Crippen LogP contribution in [0.25, 0.3) is 5.69 Å². The number of aromatic nitrogens is 4. The number of carbonyl (C=O) groups is 1. The maximum absolute atomic E-state index is 13.2. The van der Waals surface area contributed by atoms with Gasteiger partial charge in [0.15, 0.2) is 0 Å². The number of benzene rings is 2. The summed E-state index contributed by atoms with van der Waals surface area (Å²) in [7, 11) is -3.71. The van der Waals surface area contributed by atoms with Crippen LogP contribution in [0.15, 0.2) is 53.7 Å². The highest BCUT2D eigenvalue weighted by atomic mass is 32.2. The number of anilines is 1. The zero-order chi connectivity index (χ0) is 22.0. The van der Waals surface area contributed by atoms with Crippen LogP contribution in [0.2, 0.25) is 0 Å². The van der Waals surface area contributed by atoms with Gasteiger partial charge in [0, 0.05) is 18.8 Å². The molecule has 2 heterocycles. The molecule has 1 aliphatic rings. The number of nitrogens with zero attached hydrogens (tertiary/aromatic N) is 5. The Hall–Kier alpha value is -3.11. The molecule has 1 fully saturated rings. The summed E-state index contributed by atoms with van der Waals surface area (Å²) in [6.07, 6.45) is 2.72. The van der Waals surface area contributed by atoms with Gasteiger partial charge in [-0.2, -0.15) is 4.31 Å². The maximum Gasteiger partial charge on any atom is 0.243 e. The van der Waals surface area contributed by atoms with E-state index >= 15 is 0 Å². The molecule has 9 nitrogen and oxygen atoms in total. The third kappa shape index (κ3) is 4.35. The van der Waals surface area contributed by atoms with Gasteiger partial charge >= 0.3 is 0 Å². The van der Waals surface area contributed by atoms with Gasteiger partial charge in [-0.3, -0.25) is 4.79 Å². The standard InChI is InChI=1S/C21H24N6O3S/c1-15-5-3-6-16(2)20(15)23-21(28)17-7-4-12-26(13-17)31(29,30)19-10-8-18(9-11-19)27-14-22-24-25-27/h3,5-6,8-11,14,17H,4,7,12-13H2,1-2H3,(H,23,28)/t17-/m0/s1. The number of carbonyl (C=O) groups excluding carboxylic acids is 1. The fourth-order valence-electron chi connectivity index (χ4n) is 3.81. The van der Waals surface area contributed by atoms with Gasteiger partial charge in [0.1, 0.15) is 6.33 Å². The molecule has 31 heavy (non-hydrogen) atoms. The number of piperidine rings is 1. The molecule has 162 valence electrons. The average molecular weight is 441 g/mol. The minimum absolute atomic E-state index is 0.147. The second-order valence-corrected chi connectivity index (χ2v) is 9.64. The van der Waals surface area contributed by atoms with E-state index in [-0.39, 0.29) is 17.3 Å². The largest absolute Gasteiger partial charge is 0.325 e. The topological polar surface area (TPSA) is 110 Å². The van der Waals surface area contributed by atoms with Gasteiger partial charge in [-0.05, 0) is 72.5 Å². The first-order chi connectivity index (χ1) is 14.9. The van der Waals surface area contributed by atoms with E-state index in [1.54, 1.807) is 12.1 Å². The number of nitrogens with one attached hydrogen (secondary N) is 1. The number of hydrogen-bond acceptors (Lipinski definition) is 6. The van der Waals surface area contributed by atoms with Gasteiger partial charge in [0.05, 0.1) is 16.5 Å². The third-order valence-corrected chi connectivity index (χ3v) is 7.45. The Balaban J connectivity index is 1.49. The maximum atomic E-state index is 13.2. The van der Waals surface area contributed by atoms with Crippen LogP contribution in [-0.2, 0) is 14.8 Å². The van der Waals surface area contributed by atoms with Crippen LogP contribution in [0.1, 0.15) is 24.0 Å². The molecule has 0 bridgehead atoms. The first-order valence-electron chi connectivity index (χ1n) is 10.1. The van der Waals surface area contributed by atoms with Gasteiger partial charge in [0.25, 0.3) is 0 Å². The zero-order valence-electron chi connectivity index (χ0n) is 17.4. The molecule has 0 unspecified atom stereocenters. The molecular formula is C21H24N6O3S. The van der Waals surface area contributed by atoms with Crippen molar-refractivity contribution in [1.29, 1.82) is 0 Å². The van der Waals surface area contributed by atoms with Crippen molar-refractivity contribution in [2.75, 3.05) is 18.4 Å². The molecule has 1 aliphatic heterocycles. The van der Waals surface area contributed by atoms with E-state index in [1.807, 2.05) is 32.0 Å². The number of rotatable bonds is 5. The smallest absolute Gasteiger partial charge is 0.243 e. The Kier molecular flexibility index (Phi) is 5.84. The molecule has 4 rings (SSSR count). The first-order valence-corrected chi connectivity index (χ1v) is 11.5. The van der Waals surface area contributed by atoms with E-state index in [9.17, 15) is 13.2 Å². The summed E-state index contributed by atoms with van der Waals surface area (Å²) in [5, 5.41) is 14.0. The van der Waals surface area contributed by atoms with Gasteiger partial charge in [0.2, 0.25) is 15.9 Å². The number of hydrogen-bond donors (Lipinski definition) is 1. The van der Waals surface area contributed by atoms with Crippen molar-refractivity contribution in [3.8, 4) is 5.69 Å². The van der Waals surface area contributed by atoms with Crippen molar-refractivity contribution in [1.82, 2.24) is 24.5 Å². The molecule has 2 aromatic carbocycles. The molecule has 1 N–H and O–H groups in total. The Morgan fingerprint density at radius 2 is 1.81 bits per heavy atom. The van der Waals surface area contributed by atoms with Crippen molar-refractivity contribution in [2.45, 2.75) is 31.6 Å². The van der Waals surface area contributed by atoms with Crippen LogP contribution >= 0.6 is 0 Å². The average Bonchev–Trinajstić information content (AvgIpc) is 3.31. The number of tetrazole rings is 1. The van der Waals surface area contributed by atoms with Crippen LogP contribution in [0.4, 0.5) is 5.69 Å². The van der Waals surface area contributed by atoms with E-state index in [1.165, 1.54) is 27.4 Å². The van der Waals surface area contributed by atoms with Crippen LogP contribution in [-0.4, -0.2) is 51.9 Å². The van der Waals surface area contributed by atoms with Crippen molar-refractivity contribution in [2.24, 2.45) is 5.92 Å². The van der Waals surface area contributed by atoms with Crippen LogP contribution in [0.5, 0.6) is 0 Å². The normalized spacial score (nSPS) is 17.4. The van der Waals surface area contributed by atoms with E-state index < -0.39 is 15.9 Å².